The van der Waals surface area contributed by atoms with Crippen LogP contribution in [0.25, 0.3) is 0 Å². The summed E-state index contributed by atoms with van der Waals surface area (Å²) in [7, 11) is 0. The van der Waals surface area contributed by atoms with Crippen LogP contribution in [-0.2, 0) is 6.61 Å². The summed E-state index contributed by atoms with van der Waals surface area (Å²) in [5.41, 5.74) is 2.31. The van der Waals surface area contributed by atoms with Gasteiger partial charge in [0.2, 0.25) is 0 Å². The fraction of sp³-hybridized carbons (Fsp3) is 0.312. The minimum Gasteiger partial charge on any atom is -0.489 e. The summed E-state index contributed by atoms with van der Waals surface area (Å²) < 4.78 is 5.71. The first kappa shape index (κ1) is 13.4. The molecule has 2 aromatic rings. The standard InChI is InChI=1S/C16H20N2O/c1-3-10-17-16-9-6-14(11-18-16)12-19-15-7-4-13(2)5-8-15/h4-9,11H,3,10,12H2,1-2H3,(H,17,18). The Morgan fingerprint density at radius 1 is 1.11 bits per heavy atom. The van der Waals surface area contributed by atoms with Crippen LogP contribution in [0.1, 0.15) is 24.5 Å². The van der Waals surface area contributed by atoms with Crippen molar-refractivity contribution >= 4 is 5.82 Å². The Kier molecular flexibility index (Phi) is 4.78. The maximum absolute atomic E-state index is 5.71. The van der Waals surface area contributed by atoms with E-state index in [1.54, 1.807) is 0 Å². The van der Waals surface area contributed by atoms with Gasteiger partial charge in [0, 0.05) is 18.3 Å². The molecule has 0 fully saturated rings. The number of nitrogens with zero attached hydrogens (tertiary/aromatic N) is 1. The third kappa shape index (κ3) is 4.28. The van der Waals surface area contributed by atoms with Crippen molar-refractivity contribution in [2.24, 2.45) is 0 Å². The van der Waals surface area contributed by atoms with Crippen molar-refractivity contribution in [2.75, 3.05) is 11.9 Å². The van der Waals surface area contributed by atoms with Crippen LogP contribution in [0.5, 0.6) is 5.75 Å². The molecule has 0 unspecified atom stereocenters. The predicted molar refractivity (Wildman–Crippen MR) is 78.5 cm³/mol. The molecule has 0 radical (unpaired) electrons. The fourth-order valence-corrected chi connectivity index (χ4v) is 1.67. The molecule has 1 N–H and O–H groups in total. The molecule has 1 aromatic heterocycles. The summed E-state index contributed by atoms with van der Waals surface area (Å²) in [4.78, 5) is 4.35. The third-order valence-electron chi connectivity index (χ3n) is 2.81. The predicted octanol–water partition coefficient (Wildman–Crippen LogP) is 3.79. The Morgan fingerprint density at radius 2 is 1.89 bits per heavy atom. The van der Waals surface area contributed by atoms with E-state index in [4.69, 9.17) is 4.74 Å². The highest BCUT2D eigenvalue weighted by Gasteiger charge is 1.98. The van der Waals surface area contributed by atoms with Gasteiger partial charge in [0.05, 0.1) is 0 Å². The quantitative estimate of drug-likeness (QED) is 0.853. The molecule has 1 aromatic carbocycles. The second-order valence-electron chi connectivity index (χ2n) is 4.58. The molecule has 0 bridgehead atoms. The third-order valence-corrected chi connectivity index (χ3v) is 2.81. The average Bonchev–Trinajstić information content (AvgIpc) is 2.46. The number of aromatic nitrogens is 1. The zero-order valence-electron chi connectivity index (χ0n) is 11.5. The second-order valence-corrected chi connectivity index (χ2v) is 4.58. The van der Waals surface area contributed by atoms with Crippen molar-refractivity contribution in [1.29, 1.82) is 0 Å². The van der Waals surface area contributed by atoms with Gasteiger partial charge in [0.1, 0.15) is 18.2 Å². The molecule has 0 saturated carbocycles. The number of pyridine rings is 1. The van der Waals surface area contributed by atoms with E-state index in [-0.39, 0.29) is 0 Å². The minimum absolute atomic E-state index is 0.546. The van der Waals surface area contributed by atoms with Crippen LogP contribution >= 0.6 is 0 Å². The lowest BCUT2D eigenvalue weighted by molar-refractivity contribution is 0.306. The number of hydrogen-bond acceptors (Lipinski definition) is 3. The summed E-state index contributed by atoms with van der Waals surface area (Å²) in [5, 5.41) is 3.25. The first-order chi connectivity index (χ1) is 9.28. The highest BCUT2D eigenvalue weighted by atomic mass is 16.5. The number of aryl methyl sites for hydroxylation is 1. The van der Waals surface area contributed by atoms with Gasteiger partial charge in [-0.05, 0) is 31.5 Å². The van der Waals surface area contributed by atoms with Gasteiger partial charge in [-0.25, -0.2) is 4.98 Å². The van der Waals surface area contributed by atoms with E-state index < -0.39 is 0 Å². The molecule has 0 aliphatic carbocycles. The van der Waals surface area contributed by atoms with Crippen LogP contribution in [0.4, 0.5) is 5.82 Å². The number of anilines is 1. The van der Waals surface area contributed by atoms with Gasteiger partial charge in [-0.3, -0.25) is 0 Å². The number of hydrogen-bond donors (Lipinski definition) is 1. The van der Waals surface area contributed by atoms with Crippen molar-refractivity contribution in [3.05, 3.63) is 53.7 Å². The van der Waals surface area contributed by atoms with Crippen LogP contribution in [0.15, 0.2) is 42.6 Å². The lowest BCUT2D eigenvalue weighted by Gasteiger charge is -2.07. The van der Waals surface area contributed by atoms with Crippen LogP contribution in [0.2, 0.25) is 0 Å². The number of nitrogens with one attached hydrogen (secondary N) is 1. The van der Waals surface area contributed by atoms with E-state index in [0.29, 0.717) is 6.61 Å². The molecule has 2 rings (SSSR count). The van der Waals surface area contributed by atoms with E-state index in [1.807, 2.05) is 42.6 Å². The smallest absolute Gasteiger partial charge is 0.125 e. The molecule has 3 heteroatoms. The van der Waals surface area contributed by atoms with E-state index >= 15 is 0 Å². The first-order valence-electron chi connectivity index (χ1n) is 6.66. The van der Waals surface area contributed by atoms with Gasteiger partial charge in [-0.15, -0.1) is 0 Å². The molecule has 0 atom stereocenters. The van der Waals surface area contributed by atoms with Crippen molar-refractivity contribution in [2.45, 2.75) is 26.9 Å². The first-order valence-corrected chi connectivity index (χ1v) is 6.66. The highest BCUT2D eigenvalue weighted by Crippen LogP contribution is 2.14. The Morgan fingerprint density at radius 3 is 2.53 bits per heavy atom. The highest BCUT2D eigenvalue weighted by molar-refractivity contribution is 5.35. The Labute approximate surface area is 114 Å². The molecule has 0 saturated heterocycles. The molecule has 0 aliphatic heterocycles. The molecule has 100 valence electrons. The van der Waals surface area contributed by atoms with Crippen LogP contribution < -0.4 is 10.1 Å². The molecule has 0 amide bonds. The second kappa shape index (κ2) is 6.78. The minimum atomic E-state index is 0.546. The summed E-state index contributed by atoms with van der Waals surface area (Å²) in [5.74, 6) is 1.81. The Hall–Kier alpha value is -2.03. The van der Waals surface area contributed by atoms with E-state index in [1.165, 1.54) is 5.56 Å². The molecule has 3 nitrogen and oxygen atoms in total. The summed E-state index contributed by atoms with van der Waals surface area (Å²) >= 11 is 0. The molecule has 19 heavy (non-hydrogen) atoms. The zero-order valence-corrected chi connectivity index (χ0v) is 11.5. The molecule has 0 aliphatic rings. The van der Waals surface area contributed by atoms with Crippen molar-refractivity contribution < 1.29 is 4.74 Å². The van der Waals surface area contributed by atoms with E-state index in [2.05, 4.69) is 24.1 Å². The normalized spacial score (nSPS) is 10.2. The van der Waals surface area contributed by atoms with Gasteiger partial charge in [-0.2, -0.15) is 0 Å². The van der Waals surface area contributed by atoms with Gasteiger partial charge in [0.15, 0.2) is 0 Å². The average molecular weight is 256 g/mol. The molecule has 0 spiro atoms. The SMILES string of the molecule is CCCNc1ccc(COc2ccc(C)cc2)cn1. The van der Waals surface area contributed by atoms with E-state index in [9.17, 15) is 0 Å². The van der Waals surface area contributed by atoms with Crippen molar-refractivity contribution in [1.82, 2.24) is 4.98 Å². The number of rotatable bonds is 6. The van der Waals surface area contributed by atoms with Crippen LogP contribution in [-0.4, -0.2) is 11.5 Å². The number of benzene rings is 1. The van der Waals surface area contributed by atoms with Gasteiger partial charge < -0.3 is 10.1 Å². The van der Waals surface area contributed by atoms with Crippen LogP contribution in [0, 0.1) is 6.92 Å². The monoisotopic (exact) mass is 256 g/mol. The number of ether oxygens (including phenoxy) is 1. The zero-order chi connectivity index (χ0) is 13.5. The largest absolute Gasteiger partial charge is 0.489 e. The summed E-state index contributed by atoms with van der Waals surface area (Å²) in [6.07, 6.45) is 2.95. The van der Waals surface area contributed by atoms with E-state index in [0.717, 1.165) is 30.1 Å². The lowest BCUT2D eigenvalue weighted by atomic mass is 10.2. The fourth-order valence-electron chi connectivity index (χ4n) is 1.67. The Balaban J connectivity index is 1.87. The Bertz CT molecular complexity index is 491. The maximum atomic E-state index is 5.71. The summed E-state index contributed by atoms with van der Waals surface area (Å²) in [6.45, 7) is 5.70. The van der Waals surface area contributed by atoms with Gasteiger partial charge in [-0.1, -0.05) is 30.7 Å². The molecular weight excluding hydrogens is 236 g/mol. The van der Waals surface area contributed by atoms with Crippen molar-refractivity contribution in [3.8, 4) is 5.75 Å². The van der Waals surface area contributed by atoms with Gasteiger partial charge >= 0.3 is 0 Å². The van der Waals surface area contributed by atoms with Crippen LogP contribution in [0.3, 0.4) is 0 Å². The molecular formula is C16H20N2O. The molecule has 1 heterocycles. The van der Waals surface area contributed by atoms with Crippen molar-refractivity contribution in [3.63, 3.8) is 0 Å². The van der Waals surface area contributed by atoms with Gasteiger partial charge in [0.25, 0.3) is 0 Å². The summed E-state index contributed by atoms with van der Waals surface area (Å²) in [6, 6.07) is 12.1. The maximum Gasteiger partial charge on any atom is 0.125 e. The topological polar surface area (TPSA) is 34.1 Å². The lowest BCUT2D eigenvalue weighted by Crippen LogP contribution is -2.02.